The summed E-state index contributed by atoms with van der Waals surface area (Å²) in [5.41, 5.74) is 0.658. The highest BCUT2D eigenvalue weighted by molar-refractivity contribution is 7.90. The number of carbonyl (C=O) groups is 1. The van der Waals surface area contributed by atoms with E-state index in [9.17, 15) is 17.6 Å². The Balaban J connectivity index is 1.55. The Hall–Kier alpha value is -2.52. The molecule has 7 nitrogen and oxygen atoms in total. The second-order valence-corrected chi connectivity index (χ2v) is 9.41. The smallest absolute Gasteiger partial charge is 0.281 e. The molecule has 1 saturated carbocycles. The molecule has 1 aromatic heterocycles. The number of nitrogens with zero attached hydrogens (tertiary/aromatic N) is 1. The van der Waals surface area contributed by atoms with Gasteiger partial charge in [0.15, 0.2) is 10.6 Å². The molecule has 0 bridgehead atoms. The monoisotopic (exact) mass is 434 g/mol. The second kappa shape index (κ2) is 7.96. The summed E-state index contributed by atoms with van der Waals surface area (Å²) in [5.74, 6) is -0.990. The van der Waals surface area contributed by atoms with Crippen molar-refractivity contribution in [3.8, 4) is 5.75 Å². The summed E-state index contributed by atoms with van der Waals surface area (Å²) in [6, 6.07) is 9.19. The Kier molecular flexibility index (Phi) is 5.50. The van der Waals surface area contributed by atoms with Crippen molar-refractivity contribution >= 4 is 15.9 Å². The lowest BCUT2D eigenvalue weighted by Gasteiger charge is -2.26. The van der Waals surface area contributed by atoms with Gasteiger partial charge in [0, 0.05) is 25.4 Å². The fourth-order valence-electron chi connectivity index (χ4n) is 3.56. The lowest BCUT2D eigenvalue weighted by Crippen LogP contribution is -2.43. The van der Waals surface area contributed by atoms with E-state index in [0.29, 0.717) is 25.2 Å². The first-order chi connectivity index (χ1) is 14.3. The molecule has 1 aromatic carbocycles. The summed E-state index contributed by atoms with van der Waals surface area (Å²) in [6.07, 6.45) is 2.68. The largest absolute Gasteiger partial charge is 0.477 e. The number of ether oxygens (including phenoxy) is 2. The maximum absolute atomic E-state index is 13.3. The van der Waals surface area contributed by atoms with Crippen molar-refractivity contribution in [3.63, 3.8) is 0 Å². The highest BCUT2D eigenvalue weighted by Gasteiger charge is 2.54. The Labute approximate surface area is 174 Å². The molecule has 9 heteroatoms. The molecule has 2 heterocycles. The van der Waals surface area contributed by atoms with Crippen molar-refractivity contribution in [1.82, 2.24) is 9.71 Å². The molecule has 0 spiro atoms. The lowest BCUT2D eigenvalue weighted by atomic mass is 9.92. The van der Waals surface area contributed by atoms with Crippen LogP contribution in [0, 0.1) is 12.9 Å². The number of aryl methyl sites for hydroxylation is 1. The topological polar surface area (TPSA) is 94.6 Å². The lowest BCUT2D eigenvalue weighted by molar-refractivity contribution is -0.128. The average Bonchev–Trinajstić information content (AvgIpc) is 3.49. The molecule has 1 unspecified atom stereocenters. The maximum atomic E-state index is 13.3. The van der Waals surface area contributed by atoms with Crippen LogP contribution in [0.4, 0.5) is 4.39 Å². The fourth-order valence-corrected chi connectivity index (χ4v) is 4.56. The van der Waals surface area contributed by atoms with Crippen molar-refractivity contribution in [2.75, 3.05) is 13.2 Å². The fraction of sp³-hybridized carbons (Fsp3) is 0.429. The molecule has 1 aliphatic carbocycles. The van der Waals surface area contributed by atoms with Gasteiger partial charge < -0.3 is 9.47 Å². The number of benzene rings is 1. The van der Waals surface area contributed by atoms with Crippen LogP contribution in [-0.4, -0.2) is 38.1 Å². The van der Waals surface area contributed by atoms with Gasteiger partial charge in [-0.05, 0) is 49.1 Å². The second-order valence-electron chi connectivity index (χ2n) is 7.78. The van der Waals surface area contributed by atoms with Gasteiger partial charge >= 0.3 is 0 Å². The Morgan fingerprint density at radius 2 is 2.10 bits per heavy atom. The van der Waals surface area contributed by atoms with Crippen LogP contribution in [0.5, 0.6) is 5.75 Å². The van der Waals surface area contributed by atoms with Crippen LogP contribution in [0.15, 0.2) is 41.4 Å². The Morgan fingerprint density at radius 1 is 1.30 bits per heavy atom. The molecule has 30 heavy (non-hydrogen) atoms. The highest BCUT2D eigenvalue weighted by Crippen LogP contribution is 2.44. The van der Waals surface area contributed by atoms with Crippen LogP contribution in [0.1, 0.15) is 42.7 Å². The van der Waals surface area contributed by atoms with Gasteiger partial charge in [-0.15, -0.1) is 0 Å². The minimum atomic E-state index is -4.31. The van der Waals surface area contributed by atoms with E-state index in [1.165, 1.54) is 6.07 Å². The summed E-state index contributed by atoms with van der Waals surface area (Å²) in [5, 5.41) is -0.553. The number of pyridine rings is 1. The Bertz CT molecular complexity index is 1060. The average molecular weight is 434 g/mol. The number of carbonyl (C=O) groups excluding carboxylic acids is 1. The first-order valence-electron chi connectivity index (χ1n) is 9.86. The number of amides is 1. The van der Waals surface area contributed by atoms with E-state index in [-0.39, 0.29) is 5.92 Å². The molecule has 160 valence electrons. The van der Waals surface area contributed by atoms with Gasteiger partial charge in [-0.1, -0.05) is 18.2 Å². The third-order valence-corrected chi connectivity index (χ3v) is 6.62. The van der Waals surface area contributed by atoms with Gasteiger partial charge in [0.05, 0.1) is 6.61 Å². The van der Waals surface area contributed by atoms with E-state index in [0.717, 1.165) is 42.7 Å². The summed E-state index contributed by atoms with van der Waals surface area (Å²) in [4.78, 5) is 16.2. The molecule has 2 fully saturated rings. The van der Waals surface area contributed by atoms with Crippen molar-refractivity contribution in [1.29, 1.82) is 0 Å². The zero-order valence-electron chi connectivity index (χ0n) is 16.6. The first-order valence-corrected chi connectivity index (χ1v) is 11.3. The van der Waals surface area contributed by atoms with E-state index >= 15 is 0 Å². The van der Waals surface area contributed by atoms with Gasteiger partial charge in [-0.25, -0.2) is 9.71 Å². The quantitative estimate of drug-likeness (QED) is 0.703. The molecular weight excluding hydrogens is 411 g/mol. The molecule has 2 aromatic rings. The molecule has 1 saturated heterocycles. The zero-order valence-corrected chi connectivity index (χ0v) is 17.4. The molecule has 1 amide bonds. The standard InChI is InChI=1S/C21H23FN2O5S/c1-14-7-8-16(15-4-3-11-28-13-15)17(12-14)29-21(9-10-21)20(25)24-30(26,27)19-6-2-5-18(22)23-19/h2,5-8,12,15H,3-4,9-11,13H2,1H3,(H,24,25). The first kappa shape index (κ1) is 20.7. The summed E-state index contributed by atoms with van der Waals surface area (Å²) in [6.45, 7) is 3.24. The summed E-state index contributed by atoms with van der Waals surface area (Å²) < 4.78 is 51.9. The number of sulfonamides is 1. The third kappa shape index (κ3) is 4.32. The van der Waals surface area contributed by atoms with Crippen LogP contribution < -0.4 is 9.46 Å². The van der Waals surface area contributed by atoms with Crippen molar-refractivity contribution in [2.45, 2.75) is 49.2 Å². The van der Waals surface area contributed by atoms with Crippen molar-refractivity contribution in [3.05, 3.63) is 53.5 Å². The molecule has 1 N–H and O–H groups in total. The molecule has 2 aliphatic rings. The van der Waals surface area contributed by atoms with Gasteiger partial charge in [0.2, 0.25) is 5.95 Å². The molecule has 0 radical (unpaired) electrons. The number of hydrogen-bond acceptors (Lipinski definition) is 6. The van der Waals surface area contributed by atoms with E-state index in [1.807, 2.05) is 29.8 Å². The van der Waals surface area contributed by atoms with E-state index in [2.05, 4.69) is 4.98 Å². The van der Waals surface area contributed by atoms with E-state index < -0.39 is 32.5 Å². The predicted octanol–water partition coefficient (Wildman–Crippen LogP) is 2.84. The van der Waals surface area contributed by atoms with Crippen LogP contribution in [0.3, 0.4) is 0 Å². The SMILES string of the molecule is Cc1ccc(C2CCCOC2)c(OC2(C(=O)NS(=O)(=O)c3cccc(F)n3)CC2)c1. The molecule has 1 aliphatic heterocycles. The third-order valence-electron chi connectivity index (χ3n) is 5.38. The predicted molar refractivity (Wildman–Crippen MR) is 106 cm³/mol. The van der Waals surface area contributed by atoms with Crippen molar-refractivity contribution in [2.24, 2.45) is 0 Å². The molecular formula is C21H23FN2O5S. The van der Waals surface area contributed by atoms with Gasteiger partial charge in [-0.2, -0.15) is 12.8 Å². The summed E-state index contributed by atoms with van der Waals surface area (Å²) >= 11 is 0. The van der Waals surface area contributed by atoms with E-state index in [1.54, 1.807) is 0 Å². The van der Waals surface area contributed by atoms with Crippen molar-refractivity contribution < 1.29 is 27.1 Å². The van der Waals surface area contributed by atoms with Gasteiger partial charge in [-0.3, -0.25) is 4.79 Å². The minimum absolute atomic E-state index is 0.161. The molecule has 4 rings (SSSR count). The molecule has 1 atom stereocenters. The maximum Gasteiger partial charge on any atom is 0.281 e. The normalized spacial score (nSPS) is 20.4. The van der Waals surface area contributed by atoms with Gasteiger partial charge in [0.1, 0.15) is 5.75 Å². The van der Waals surface area contributed by atoms with Gasteiger partial charge in [0.25, 0.3) is 15.9 Å². The number of aromatic nitrogens is 1. The number of hydrogen-bond donors (Lipinski definition) is 1. The highest BCUT2D eigenvalue weighted by atomic mass is 32.2. The van der Waals surface area contributed by atoms with E-state index in [4.69, 9.17) is 9.47 Å². The number of halogens is 1. The minimum Gasteiger partial charge on any atom is -0.477 e. The van der Waals surface area contributed by atoms with Crippen LogP contribution in [0.2, 0.25) is 0 Å². The number of nitrogens with one attached hydrogen (secondary N) is 1. The Morgan fingerprint density at radius 3 is 2.77 bits per heavy atom. The summed E-state index contributed by atoms with van der Waals surface area (Å²) in [7, 11) is -4.31. The van der Waals surface area contributed by atoms with Crippen LogP contribution in [-0.2, 0) is 19.6 Å². The van der Waals surface area contributed by atoms with Crippen LogP contribution >= 0.6 is 0 Å². The zero-order chi connectivity index (χ0) is 21.4. The number of rotatable bonds is 6. The van der Waals surface area contributed by atoms with Crippen LogP contribution in [0.25, 0.3) is 0 Å².